The van der Waals surface area contributed by atoms with Crippen LogP contribution in [0.3, 0.4) is 0 Å². The topological polar surface area (TPSA) is 60.9 Å². The predicted octanol–water partition coefficient (Wildman–Crippen LogP) is 2.75. The van der Waals surface area contributed by atoms with E-state index in [0.717, 1.165) is 63.3 Å². The highest BCUT2D eigenvalue weighted by Gasteiger charge is 2.30. The number of thioether (sulfide) groups is 1. The van der Waals surface area contributed by atoms with E-state index in [-0.39, 0.29) is 10.8 Å². The number of rotatable bonds is 5. The van der Waals surface area contributed by atoms with Gasteiger partial charge in [-0.05, 0) is 43.8 Å². The molecule has 156 valence electrons. The summed E-state index contributed by atoms with van der Waals surface area (Å²) in [7, 11) is -3.59. The molecule has 0 unspecified atom stereocenters. The SMILES string of the molecule is CCN1CCN(S(=O)(=O)c2ccc(SC)c(C(=O)N3CCCCCC3)c2)CC1. The van der Waals surface area contributed by atoms with Crippen LogP contribution in [-0.2, 0) is 10.0 Å². The molecule has 2 aliphatic rings. The molecule has 2 aliphatic heterocycles. The number of carbonyl (C=O) groups is 1. The maximum Gasteiger partial charge on any atom is 0.255 e. The van der Waals surface area contributed by atoms with E-state index in [1.165, 1.54) is 11.8 Å². The smallest absolute Gasteiger partial charge is 0.255 e. The normalized spacial score (nSPS) is 20.1. The minimum Gasteiger partial charge on any atom is -0.339 e. The summed E-state index contributed by atoms with van der Waals surface area (Å²) in [5.41, 5.74) is 0.516. The second-order valence-corrected chi connectivity index (χ2v) is 10.2. The monoisotopic (exact) mass is 425 g/mol. The van der Waals surface area contributed by atoms with Gasteiger partial charge in [-0.15, -0.1) is 11.8 Å². The molecule has 1 aromatic rings. The van der Waals surface area contributed by atoms with Crippen LogP contribution in [-0.4, -0.2) is 80.5 Å². The van der Waals surface area contributed by atoms with Crippen molar-refractivity contribution >= 4 is 27.7 Å². The molecule has 2 saturated heterocycles. The highest BCUT2D eigenvalue weighted by molar-refractivity contribution is 7.98. The molecule has 0 N–H and O–H groups in total. The number of hydrogen-bond acceptors (Lipinski definition) is 5. The van der Waals surface area contributed by atoms with Crippen LogP contribution in [0.2, 0.25) is 0 Å². The minimum absolute atomic E-state index is 0.0425. The van der Waals surface area contributed by atoms with E-state index in [9.17, 15) is 13.2 Å². The number of benzene rings is 1. The fourth-order valence-corrected chi connectivity index (χ4v) is 5.91. The molecule has 0 saturated carbocycles. The van der Waals surface area contributed by atoms with Crippen molar-refractivity contribution in [3.05, 3.63) is 23.8 Å². The molecule has 0 spiro atoms. The maximum absolute atomic E-state index is 13.2. The molecule has 0 atom stereocenters. The van der Waals surface area contributed by atoms with Crippen LogP contribution in [0, 0.1) is 0 Å². The van der Waals surface area contributed by atoms with Crippen LogP contribution >= 0.6 is 11.8 Å². The Morgan fingerprint density at radius 2 is 1.64 bits per heavy atom. The van der Waals surface area contributed by atoms with Crippen LogP contribution in [0.4, 0.5) is 0 Å². The number of carbonyl (C=O) groups excluding carboxylic acids is 1. The highest BCUT2D eigenvalue weighted by Crippen LogP contribution is 2.28. The third kappa shape index (κ3) is 4.72. The first-order valence-corrected chi connectivity index (χ1v) is 12.8. The van der Waals surface area contributed by atoms with Gasteiger partial charge in [0.2, 0.25) is 10.0 Å². The molecule has 2 heterocycles. The lowest BCUT2D eigenvalue weighted by atomic mass is 10.2. The first-order valence-electron chi connectivity index (χ1n) is 10.2. The van der Waals surface area contributed by atoms with Crippen LogP contribution in [0.1, 0.15) is 43.0 Å². The van der Waals surface area contributed by atoms with E-state index < -0.39 is 10.0 Å². The molecular formula is C20H31N3O3S2. The second kappa shape index (κ2) is 9.61. The van der Waals surface area contributed by atoms with Crippen molar-refractivity contribution < 1.29 is 13.2 Å². The second-order valence-electron chi connectivity index (χ2n) is 7.41. The Bertz CT molecular complexity index is 782. The summed E-state index contributed by atoms with van der Waals surface area (Å²) in [5.74, 6) is -0.0425. The standard InChI is InChI=1S/C20H31N3O3S2/c1-3-21-12-14-23(15-13-21)28(25,26)17-8-9-19(27-2)18(16-17)20(24)22-10-6-4-5-7-11-22/h8-9,16H,3-7,10-15H2,1-2H3. The zero-order chi connectivity index (χ0) is 20.1. The molecule has 3 rings (SSSR count). The largest absolute Gasteiger partial charge is 0.339 e. The van der Waals surface area contributed by atoms with Crippen molar-refractivity contribution in [2.45, 2.75) is 42.4 Å². The van der Waals surface area contributed by atoms with Gasteiger partial charge in [-0.3, -0.25) is 4.79 Å². The van der Waals surface area contributed by atoms with Gasteiger partial charge in [-0.1, -0.05) is 19.8 Å². The van der Waals surface area contributed by atoms with Crippen LogP contribution < -0.4 is 0 Å². The fourth-order valence-electron chi connectivity index (χ4n) is 3.89. The number of nitrogens with zero attached hydrogens (tertiary/aromatic N) is 3. The first kappa shape index (κ1) is 21.6. The van der Waals surface area contributed by atoms with E-state index in [1.807, 2.05) is 11.2 Å². The van der Waals surface area contributed by atoms with Crippen molar-refractivity contribution in [3.63, 3.8) is 0 Å². The third-order valence-corrected chi connectivity index (χ3v) is 8.40. The fraction of sp³-hybridized carbons (Fsp3) is 0.650. The Kier molecular flexibility index (Phi) is 7.42. The molecular weight excluding hydrogens is 394 g/mol. The quantitative estimate of drug-likeness (QED) is 0.679. The Morgan fingerprint density at radius 1 is 1.00 bits per heavy atom. The van der Waals surface area contributed by atoms with Crippen molar-refractivity contribution in [2.24, 2.45) is 0 Å². The van der Waals surface area contributed by atoms with Gasteiger partial charge in [0.1, 0.15) is 0 Å². The lowest BCUT2D eigenvalue weighted by Gasteiger charge is -2.33. The summed E-state index contributed by atoms with van der Waals surface area (Å²) in [6.45, 7) is 7.02. The average molecular weight is 426 g/mol. The lowest BCUT2D eigenvalue weighted by Crippen LogP contribution is -2.48. The zero-order valence-electron chi connectivity index (χ0n) is 16.9. The van der Waals surface area contributed by atoms with E-state index >= 15 is 0 Å². The number of amides is 1. The van der Waals surface area contributed by atoms with E-state index in [4.69, 9.17) is 0 Å². The molecule has 2 fully saturated rings. The van der Waals surface area contributed by atoms with Gasteiger partial charge < -0.3 is 9.80 Å². The van der Waals surface area contributed by atoms with Gasteiger partial charge in [0, 0.05) is 44.2 Å². The molecule has 6 nitrogen and oxygen atoms in total. The van der Waals surface area contributed by atoms with Crippen molar-refractivity contribution in [2.75, 3.05) is 52.1 Å². The van der Waals surface area contributed by atoms with Crippen LogP contribution in [0.25, 0.3) is 0 Å². The van der Waals surface area contributed by atoms with Gasteiger partial charge in [0.25, 0.3) is 5.91 Å². The molecule has 28 heavy (non-hydrogen) atoms. The predicted molar refractivity (Wildman–Crippen MR) is 113 cm³/mol. The highest BCUT2D eigenvalue weighted by atomic mass is 32.2. The summed E-state index contributed by atoms with van der Waals surface area (Å²) in [5, 5.41) is 0. The molecule has 0 radical (unpaired) electrons. The molecule has 1 amide bonds. The summed E-state index contributed by atoms with van der Waals surface area (Å²) in [6.07, 6.45) is 6.25. The maximum atomic E-state index is 13.2. The van der Waals surface area contributed by atoms with Crippen molar-refractivity contribution in [1.29, 1.82) is 0 Å². The van der Waals surface area contributed by atoms with Gasteiger partial charge in [-0.2, -0.15) is 4.31 Å². The zero-order valence-corrected chi connectivity index (χ0v) is 18.5. The third-order valence-electron chi connectivity index (χ3n) is 5.71. The number of hydrogen-bond donors (Lipinski definition) is 0. The van der Waals surface area contributed by atoms with Crippen LogP contribution in [0.15, 0.2) is 28.0 Å². The Hall–Kier alpha value is -1.09. The van der Waals surface area contributed by atoms with E-state index in [1.54, 1.807) is 22.5 Å². The summed E-state index contributed by atoms with van der Waals surface area (Å²) < 4.78 is 27.9. The summed E-state index contributed by atoms with van der Waals surface area (Å²) in [6, 6.07) is 5.03. The molecule has 8 heteroatoms. The Balaban J connectivity index is 1.86. The molecule has 1 aromatic carbocycles. The minimum atomic E-state index is -3.59. The van der Waals surface area contributed by atoms with Gasteiger partial charge >= 0.3 is 0 Å². The van der Waals surface area contributed by atoms with Crippen molar-refractivity contribution in [1.82, 2.24) is 14.1 Å². The molecule has 0 aliphatic carbocycles. The van der Waals surface area contributed by atoms with E-state index in [2.05, 4.69) is 11.8 Å². The average Bonchev–Trinajstić information content (AvgIpc) is 3.02. The Labute approximate surface area is 173 Å². The molecule has 0 aromatic heterocycles. The number of sulfonamides is 1. The van der Waals surface area contributed by atoms with Gasteiger partial charge in [0.05, 0.1) is 10.5 Å². The van der Waals surface area contributed by atoms with E-state index in [0.29, 0.717) is 18.7 Å². The summed E-state index contributed by atoms with van der Waals surface area (Å²) >= 11 is 1.49. The summed E-state index contributed by atoms with van der Waals surface area (Å²) in [4.78, 5) is 18.4. The Morgan fingerprint density at radius 3 is 2.21 bits per heavy atom. The number of likely N-dealkylation sites (tertiary alicyclic amines) is 1. The first-order chi connectivity index (χ1) is 13.5. The number of piperazine rings is 1. The molecule has 0 bridgehead atoms. The van der Waals surface area contributed by atoms with Gasteiger partial charge in [0.15, 0.2) is 0 Å². The lowest BCUT2D eigenvalue weighted by molar-refractivity contribution is 0.0758. The number of likely N-dealkylation sites (N-methyl/N-ethyl adjacent to an activating group) is 1. The van der Waals surface area contributed by atoms with Gasteiger partial charge in [-0.25, -0.2) is 8.42 Å². The van der Waals surface area contributed by atoms with Crippen LogP contribution in [0.5, 0.6) is 0 Å². The van der Waals surface area contributed by atoms with Crippen molar-refractivity contribution in [3.8, 4) is 0 Å².